The maximum Gasteiger partial charge on any atom is 0.251 e. The Labute approximate surface area is 146 Å². The number of fused-ring (bicyclic) bond motifs is 1. The first-order valence-electron chi connectivity index (χ1n) is 8.32. The Morgan fingerprint density at radius 3 is 2.76 bits per heavy atom. The monoisotopic (exact) mass is 335 g/mol. The van der Waals surface area contributed by atoms with Crippen molar-refractivity contribution in [1.82, 2.24) is 14.9 Å². The molecule has 0 saturated heterocycles. The predicted molar refractivity (Wildman–Crippen MR) is 98.2 cm³/mol. The van der Waals surface area contributed by atoms with Crippen LogP contribution >= 0.6 is 0 Å². The second-order valence-electron chi connectivity index (χ2n) is 6.10. The number of rotatable bonds is 5. The molecule has 0 aliphatic carbocycles. The molecule has 1 amide bonds. The standard InChI is InChI=1S/C20H21N3O2/c1-4-14-7-13(2)8-16-10-18(12-24)23(19(14)16)11-17-9-15(5-6-22-17)20(25)21-3/h5-10,12H,4,11H2,1-3H3,(H,21,25). The first kappa shape index (κ1) is 16.9. The van der Waals surface area contributed by atoms with E-state index in [1.54, 1.807) is 25.4 Å². The molecule has 0 saturated carbocycles. The van der Waals surface area contributed by atoms with Gasteiger partial charge in [0.1, 0.15) is 0 Å². The van der Waals surface area contributed by atoms with Gasteiger partial charge in [0, 0.05) is 24.2 Å². The smallest absolute Gasteiger partial charge is 0.251 e. The summed E-state index contributed by atoms with van der Waals surface area (Å²) in [5.41, 5.74) is 5.35. The van der Waals surface area contributed by atoms with E-state index in [0.29, 0.717) is 17.8 Å². The number of pyridine rings is 1. The van der Waals surface area contributed by atoms with Crippen LogP contribution < -0.4 is 5.32 Å². The van der Waals surface area contributed by atoms with Gasteiger partial charge in [-0.1, -0.05) is 18.6 Å². The van der Waals surface area contributed by atoms with Gasteiger partial charge in [-0.2, -0.15) is 0 Å². The third kappa shape index (κ3) is 3.18. The number of aromatic nitrogens is 2. The van der Waals surface area contributed by atoms with E-state index < -0.39 is 0 Å². The molecule has 3 rings (SSSR count). The molecule has 0 aliphatic rings. The molecule has 128 valence electrons. The number of carbonyl (C=O) groups is 2. The molecule has 1 N–H and O–H groups in total. The Balaban J connectivity index is 2.12. The van der Waals surface area contributed by atoms with E-state index in [2.05, 4.69) is 36.3 Å². The second kappa shape index (κ2) is 6.89. The van der Waals surface area contributed by atoms with Crippen LogP contribution in [0.3, 0.4) is 0 Å². The van der Waals surface area contributed by atoms with E-state index in [-0.39, 0.29) is 5.91 Å². The summed E-state index contributed by atoms with van der Waals surface area (Å²) in [6, 6.07) is 9.60. The molecule has 0 fully saturated rings. The van der Waals surface area contributed by atoms with Gasteiger partial charge in [-0.25, -0.2) is 0 Å². The fourth-order valence-electron chi connectivity index (χ4n) is 3.24. The minimum absolute atomic E-state index is 0.151. The highest BCUT2D eigenvalue weighted by Crippen LogP contribution is 2.26. The molecule has 5 nitrogen and oxygen atoms in total. The molecule has 0 bridgehead atoms. The van der Waals surface area contributed by atoms with Crippen LogP contribution in [0.5, 0.6) is 0 Å². The fraction of sp³-hybridized carbons (Fsp3) is 0.250. The number of nitrogens with zero attached hydrogens (tertiary/aromatic N) is 2. The number of amides is 1. The van der Waals surface area contributed by atoms with Gasteiger partial charge in [0.2, 0.25) is 0 Å². The van der Waals surface area contributed by atoms with Crippen LogP contribution in [0.15, 0.2) is 36.5 Å². The zero-order chi connectivity index (χ0) is 18.0. The van der Waals surface area contributed by atoms with Crippen molar-refractivity contribution >= 4 is 23.1 Å². The maximum atomic E-state index is 11.8. The third-order valence-electron chi connectivity index (χ3n) is 4.38. The highest BCUT2D eigenvalue weighted by molar-refractivity contribution is 5.94. The maximum absolute atomic E-state index is 11.8. The van der Waals surface area contributed by atoms with Crippen LogP contribution in [0.2, 0.25) is 0 Å². The van der Waals surface area contributed by atoms with Crippen molar-refractivity contribution in [2.45, 2.75) is 26.8 Å². The molecule has 25 heavy (non-hydrogen) atoms. The zero-order valence-corrected chi connectivity index (χ0v) is 14.7. The number of nitrogens with one attached hydrogen (secondary N) is 1. The Hall–Kier alpha value is -2.95. The molecular weight excluding hydrogens is 314 g/mol. The molecule has 2 heterocycles. The van der Waals surface area contributed by atoms with Crippen molar-refractivity contribution in [2.75, 3.05) is 7.05 Å². The largest absolute Gasteiger partial charge is 0.355 e. The normalized spacial score (nSPS) is 10.8. The quantitative estimate of drug-likeness (QED) is 0.729. The Kier molecular flexibility index (Phi) is 4.65. The highest BCUT2D eigenvalue weighted by Gasteiger charge is 2.14. The van der Waals surface area contributed by atoms with Crippen LogP contribution in [0.1, 0.15) is 44.6 Å². The zero-order valence-electron chi connectivity index (χ0n) is 14.7. The predicted octanol–water partition coefficient (Wildman–Crippen LogP) is 3.13. The Morgan fingerprint density at radius 2 is 2.08 bits per heavy atom. The molecule has 0 radical (unpaired) electrons. The van der Waals surface area contributed by atoms with Gasteiger partial charge in [-0.05, 0) is 43.2 Å². The average molecular weight is 335 g/mol. The number of aldehydes is 1. The number of carbonyl (C=O) groups excluding carboxylic acids is 2. The molecule has 3 aromatic rings. The lowest BCUT2D eigenvalue weighted by molar-refractivity contribution is 0.0962. The van der Waals surface area contributed by atoms with Crippen LogP contribution in [0, 0.1) is 6.92 Å². The minimum atomic E-state index is -0.151. The summed E-state index contributed by atoms with van der Waals surface area (Å²) in [6.45, 7) is 4.61. The highest BCUT2D eigenvalue weighted by atomic mass is 16.1. The summed E-state index contributed by atoms with van der Waals surface area (Å²) >= 11 is 0. The molecule has 0 aliphatic heterocycles. The molecule has 0 spiro atoms. The molecule has 2 aromatic heterocycles. The fourth-order valence-corrected chi connectivity index (χ4v) is 3.24. The van der Waals surface area contributed by atoms with Crippen LogP contribution in [-0.2, 0) is 13.0 Å². The van der Waals surface area contributed by atoms with E-state index in [4.69, 9.17) is 0 Å². The van der Waals surface area contributed by atoms with Crippen molar-refractivity contribution in [3.63, 3.8) is 0 Å². The van der Waals surface area contributed by atoms with Crippen molar-refractivity contribution in [2.24, 2.45) is 0 Å². The Morgan fingerprint density at radius 1 is 1.28 bits per heavy atom. The van der Waals surface area contributed by atoms with E-state index in [0.717, 1.165) is 29.3 Å². The van der Waals surface area contributed by atoms with Gasteiger partial charge in [-0.3, -0.25) is 14.6 Å². The van der Waals surface area contributed by atoms with Gasteiger partial charge < -0.3 is 9.88 Å². The molecule has 5 heteroatoms. The number of benzene rings is 1. The van der Waals surface area contributed by atoms with Gasteiger partial charge in [0.25, 0.3) is 5.91 Å². The molecule has 1 aromatic carbocycles. The summed E-state index contributed by atoms with van der Waals surface area (Å²) < 4.78 is 1.98. The summed E-state index contributed by atoms with van der Waals surface area (Å²) in [7, 11) is 1.60. The summed E-state index contributed by atoms with van der Waals surface area (Å²) in [4.78, 5) is 27.8. The van der Waals surface area contributed by atoms with Gasteiger partial charge in [-0.15, -0.1) is 0 Å². The molecule has 0 unspecified atom stereocenters. The number of hydrogen-bond donors (Lipinski definition) is 1. The number of aryl methyl sites for hydroxylation is 2. The van der Waals surface area contributed by atoms with E-state index in [9.17, 15) is 9.59 Å². The van der Waals surface area contributed by atoms with Crippen molar-refractivity contribution in [1.29, 1.82) is 0 Å². The average Bonchev–Trinajstić information content (AvgIpc) is 2.97. The minimum Gasteiger partial charge on any atom is -0.355 e. The molecule has 0 atom stereocenters. The lowest BCUT2D eigenvalue weighted by atomic mass is 10.1. The lowest BCUT2D eigenvalue weighted by Gasteiger charge is -2.12. The van der Waals surface area contributed by atoms with Crippen LogP contribution in [0.25, 0.3) is 10.9 Å². The van der Waals surface area contributed by atoms with Crippen molar-refractivity contribution < 1.29 is 9.59 Å². The van der Waals surface area contributed by atoms with Crippen molar-refractivity contribution in [3.8, 4) is 0 Å². The van der Waals surface area contributed by atoms with Gasteiger partial charge in [0.15, 0.2) is 6.29 Å². The lowest BCUT2D eigenvalue weighted by Crippen LogP contribution is -2.18. The summed E-state index contributed by atoms with van der Waals surface area (Å²) in [6.07, 6.45) is 3.38. The third-order valence-corrected chi connectivity index (χ3v) is 4.38. The van der Waals surface area contributed by atoms with Gasteiger partial charge >= 0.3 is 0 Å². The topological polar surface area (TPSA) is 64.0 Å². The van der Waals surface area contributed by atoms with Crippen LogP contribution in [0.4, 0.5) is 0 Å². The van der Waals surface area contributed by atoms with Crippen LogP contribution in [-0.4, -0.2) is 28.8 Å². The Bertz CT molecular complexity index is 957. The van der Waals surface area contributed by atoms with E-state index in [1.165, 1.54) is 11.1 Å². The van der Waals surface area contributed by atoms with E-state index >= 15 is 0 Å². The number of hydrogen-bond acceptors (Lipinski definition) is 3. The SMILES string of the molecule is CCc1cc(C)cc2cc(C=O)n(Cc3cc(C(=O)NC)ccn3)c12. The van der Waals surface area contributed by atoms with E-state index in [1.807, 2.05) is 10.6 Å². The second-order valence-corrected chi connectivity index (χ2v) is 6.10. The van der Waals surface area contributed by atoms with Crippen molar-refractivity contribution in [3.05, 3.63) is 64.6 Å². The first-order chi connectivity index (χ1) is 12.1. The summed E-state index contributed by atoms with van der Waals surface area (Å²) in [5.74, 6) is -0.151. The molecular formula is C20H21N3O2. The van der Waals surface area contributed by atoms with Gasteiger partial charge in [0.05, 0.1) is 23.4 Å². The first-order valence-corrected chi connectivity index (χ1v) is 8.32. The summed E-state index contributed by atoms with van der Waals surface area (Å²) in [5, 5.41) is 3.67.